The molecule has 2 aromatic rings. The van der Waals surface area contributed by atoms with Crippen LogP contribution >= 0.6 is 0 Å². The third kappa shape index (κ3) is 2.69. The molecule has 0 radical (unpaired) electrons. The molecule has 3 amide bonds. The number of fused-ring (bicyclic) bond motifs is 1. The van der Waals surface area contributed by atoms with Gasteiger partial charge in [0, 0.05) is 11.8 Å². The number of imide groups is 1. The van der Waals surface area contributed by atoms with Crippen molar-refractivity contribution >= 4 is 23.8 Å². The molecule has 0 saturated carbocycles. The van der Waals surface area contributed by atoms with Crippen LogP contribution in [0, 0.1) is 5.82 Å². The molecule has 1 aliphatic heterocycles. The number of nitrogens with zero attached hydrogens (tertiary/aromatic N) is 1. The number of hydrogen-bond donors (Lipinski definition) is 1. The quantitative estimate of drug-likeness (QED) is 0.885. The first-order chi connectivity index (χ1) is 10.7. The van der Waals surface area contributed by atoms with Gasteiger partial charge in [0.1, 0.15) is 5.82 Å². The van der Waals surface area contributed by atoms with Crippen LogP contribution in [0.3, 0.4) is 0 Å². The zero-order valence-corrected chi connectivity index (χ0v) is 11.3. The molecule has 0 bridgehead atoms. The van der Waals surface area contributed by atoms with E-state index >= 15 is 0 Å². The van der Waals surface area contributed by atoms with E-state index in [0.29, 0.717) is 23.6 Å². The van der Waals surface area contributed by atoms with Gasteiger partial charge in [-0.2, -0.15) is 0 Å². The predicted molar refractivity (Wildman–Crippen MR) is 76.5 cm³/mol. The number of benzene rings is 2. The van der Waals surface area contributed by atoms with E-state index in [-0.39, 0.29) is 12.5 Å². The SMILES string of the molecule is O=CN(C(=O)Nc1ccc2c(c1)OCO2)c1ccc(F)cc1. The fourth-order valence-electron chi connectivity index (χ4n) is 1.99. The molecule has 2 aromatic carbocycles. The summed E-state index contributed by atoms with van der Waals surface area (Å²) in [6, 6.07) is 9.21. The molecule has 22 heavy (non-hydrogen) atoms. The molecule has 6 nitrogen and oxygen atoms in total. The standard InChI is InChI=1S/C15H11FN2O4/c16-10-1-4-12(5-2-10)18(8-19)15(20)17-11-3-6-13-14(7-11)22-9-21-13/h1-8H,9H2,(H,17,20). The predicted octanol–water partition coefficient (Wildman–Crippen LogP) is 2.75. The topological polar surface area (TPSA) is 67.9 Å². The highest BCUT2D eigenvalue weighted by Crippen LogP contribution is 2.34. The van der Waals surface area contributed by atoms with E-state index in [1.807, 2.05) is 0 Å². The van der Waals surface area contributed by atoms with E-state index in [1.54, 1.807) is 18.2 Å². The van der Waals surface area contributed by atoms with Crippen molar-refractivity contribution < 1.29 is 23.5 Å². The fraction of sp³-hybridized carbons (Fsp3) is 0.0667. The smallest absolute Gasteiger partial charge is 0.332 e. The zero-order chi connectivity index (χ0) is 15.5. The molecule has 0 atom stereocenters. The normalized spacial score (nSPS) is 11.9. The minimum absolute atomic E-state index is 0.128. The van der Waals surface area contributed by atoms with Crippen molar-refractivity contribution in [3.63, 3.8) is 0 Å². The van der Waals surface area contributed by atoms with E-state index in [4.69, 9.17) is 9.47 Å². The molecule has 0 aliphatic carbocycles. The Bertz CT molecular complexity index is 718. The minimum atomic E-state index is -0.666. The Hall–Kier alpha value is -3.09. The Balaban J connectivity index is 1.77. The number of anilines is 2. The summed E-state index contributed by atoms with van der Waals surface area (Å²) in [6.45, 7) is 0.128. The molecule has 0 saturated heterocycles. The van der Waals surface area contributed by atoms with Gasteiger partial charge in [0.2, 0.25) is 13.2 Å². The maximum atomic E-state index is 12.9. The summed E-state index contributed by atoms with van der Waals surface area (Å²) in [6.07, 6.45) is 0.357. The van der Waals surface area contributed by atoms with Crippen molar-refractivity contribution in [1.29, 1.82) is 0 Å². The summed E-state index contributed by atoms with van der Waals surface area (Å²) >= 11 is 0. The third-order valence-corrected chi connectivity index (χ3v) is 3.05. The van der Waals surface area contributed by atoms with Crippen molar-refractivity contribution in [2.75, 3.05) is 17.0 Å². The molecule has 1 N–H and O–H groups in total. The number of ether oxygens (including phenoxy) is 2. The summed E-state index contributed by atoms with van der Waals surface area (Å²) in [5.41, 5.74) is 0.706. The van der Waals surface area contributed by atoms with E-state index in [2.05, 4.69) is 5.32 Å². The summed E-state index contributed by atoms with van der Waals surface area (Å²) in [7, 11) is 0. The van der Waals surface area contributed by atoms with Gasteiger partial charge < -0.3 is 14.8 Å². The van der Waals surface area contributed by atoms with Crippen molar-refractivity contribution in [2.24, 2.45) is 0 Å². The third-order valence-electron chi connectivity index (χ3n) is 3.05. The lowest BCUT2D eigenvalue weighted by molar-refractivity contribution is -0.106. The largest absolute Gasteiger partial charge is 0.454 e. The molecule has 112 valence electrons. The van der Waals surface area contributed by atoms with Crippen LogP contribution in [0.2, 0.25) is 0 Å². The van der Waals surface area contributed by atoms with Crippen LogP contribution in [0.15, 0.2) is 42.5 Å². The molecular formula is C15H11FN2O4. The average molecular weight is 302 g/mol. The van der Waals surface area contributed by atoms with Gasteiger partial charge in [0.05, 0.1) is 5.69 Å². The van der Waals surface area contributed by atoms with Crippen molar-refractivity contribution in [1.82, 2.24) is 0 Å². The Morgan fingerprint density at radius 1 is 1.14 bits per heavy atom. The van der Waals surface area contributed by atoms with Crippen LogP contribution in [0.4, 0.5) is 20.6 Å². The van der Waals surface area contributed by atoms with Crippen LogP contribution in [-0.4, -0.2) is 19.2 Å². The number of urea groups is 1. The maximum absolute atomic E-state index is 12.9. The van der Waals surface area contributed by atoms with Gasteiger partial charge in [-0.1, -0.05) is 0 Å². The number of hydrogen-bond acceptors (Lipinski definition) is 4. The lowest BCUT2D eigenvalue weighted by Crippen LogP contribution is -2.33. The number of carbonyl (C=O) groups is 2. The monoisotopic (exact) mass is 302 g/mol. The first-order valence-corrected chi connectivity index (χ1v) is 6.38. The summed E-state index contributed by atoms with van der Waals surface area (Å²) in [5.74, 6) is 0.645. The lowest BCUT2D eigenvalue weighted by atomic mass is 10.2. The van der Waals surface area contributed by atoms with Gasteiger partial charge in [-0.15, -0.1) is 0 Å². The molecule has 0 fully saturated rings. The second kappa shape index (κ2) is 5.72. The summed E-state index contributed by atoms with van der Waals surface area (Å²) in [4.78, 5) is 24.1. The molecule has 7 heteroatoms. The summed E-state index contributed by atoms with van der Waals surface area (Å²) < 4.78 is 23.3. The van der Waals surface area contributed by atoms with Crippen LogP contribution in [0.25, 0.3) is 0 Å². The van der Waals surface area contributed by atoms with Crippen LogP contribution < -0.4 is 19.7 Å². The molecular weight excluding hydrogens is 291 g/mol. The van der Waals surface area contributed by atoms with E-state index in [1.165, 1.54) is 24.3 Å². The van der Waals surface area contributed by atoms with Crippen molar-refractivity contribution in [3.05, 3.63) is 48.3 Å². The molecule has 1 heterocycles. The Morgan fingerprint density at radius 2 is 1.86 bits per heavy atom. The first-order valence-electron chi connectivity index (χ1n) is 6.38. The van der Waals surface area contributed by atoms with Crippen LogP contribution in [0.5, 0.6) is 11.5 Å². The molecule has 0 aromatic heterocycles. The van der Waals surface area contributed by atoms with E-state index < -0.39 is 11.8 Å². The Morgan fingerprint density at radius 3 is 2.59 bits per heavy atom. The molecule has 0 unspecified atom stereocenters. The van der Waals surface area contributed by atoms with E-state index in [9.17, 15) is 14.0 Å². The van der Waals surface area contributed by atoms with Gasteiger partial charge in [-0.3, -0.25) is 4.79 Å². The van der Waals surface area contributed by atoms with Crippen LogP contribution in [0.1, 0.15) is 0 Å². The van der Waals surface area contributed by atoms with Gasteiger partial charge in [0.15, 0.2) is 11.5 Å². The van der Waals surface area contributed by atoms with Crippen molar-refractivity contribution in [2.45, 2.75) is 0 Å². The number of rotatable bonds is 3. The molecule has 1 aliphatic rings. The van der Waals surface area contributed by atoms with Gasteiger partial charge in [-0.25, -0.2) is 14.1 Å². The Labute approximate surface area is 125 Å². The second-order valence-corrected chi connectivity index (χ2v) is 4.45. The highest BCUT2D eigenvalue weighted by molar-refractivity contribution is 6.12. The van der Waals surface area contributed by atoms with Crippen LogP contribution in [-0.2, 0) is 4.79 Å². The number of nitrogens with one attached hydrogen (secondary N) is 1. The summed E-state index contributed by atoms with van der Waals surface area (Å²) in [5, 5.41) is 2.56. The van der Waals surface area contributed by atoms with Gasteiger partial charge in [0.25, 0.3) is 0 Å². The number of carbonyl (C=O) groups excluding carboxylic acids is 2. The average Bonchev–Trinajstić information content (AvgIpc) is 2.97. The zero-order valence-electron chi connectivity index (χ0n) is 11.3. The van der Waals surface area contributed by atoms with Gasteiger partial charge in [-0.05, 0) is 36.4 Å². The van der Waals surface area contributed by atoms with E-state index in [0.717, 1.165) is 4.90 Å². The maximum Gasteiger partial charge on any atom is 0.332 e. The number of halogens is 1. The second-order valence-electron chi connectivity index (χ2n) is 4.45. The minimum Gasteiger partial charge on any atom is -0.454 e. The Kier molecular flexibility index (Phi) is 3.61. The highest BCUT2D eigenvalue weighted by Gasteiger charge is 2.18. The lowest BCUT2D eigenvalue weighted by Gasteiger charge is -2.16. The highest BCUT2D eigenvalue weighted by atomic mass is 19.1. The number of amides is 3. The molecule has 3 rings (SSSR count). The first kappa shape index (κ1) is 13.9. The van der Waals surface area contributed by atoms with Crippen molar-refractivity contribution in [3.8, 4) is 11.5 Å². The molecule has 0 spiro atoms. The van der Waals surface area contributed by atoms with Gasteiger partial charge >= 0.3 is 6.03 Å². The fourth-order valence-corrected chi connectivity index (χ4v) is 1.99.